The van der Waals surface area contributed by atoms with E-state index in [0.717, 1.165) is 31.8 Å². The molecule has 0 aliphatic heterocycles. The molecule has 0 rings (SSSR count). The molecule has 1 unspecified atom stereocenters. The van der Waals surface area contributed by atoms with Gasteiger partial charge >= 0.3 is 0 Å². The standard InChI is InChI=1S/C16H34O2.C9H19F.2C2H6/c1-13(2)11-15(4,5)12-14(3)18-10-9-16(6,7)17-8;1-6-8(2,3)7-9(4,5)10;2*1-2/h13-14H,9-12H2,1-8H3;6-7H2,1-5H3;2*1-2H3. The Hall–Kier alpha value is -0.150. The molecular formula is C29H65FO2. The van der Waals surface area contributed by atoms with E-state index in [2.05, 4.69) is 69.2 Å². The summed E-state index contributed by atoms with van der Waals surface area (Å²) in [5.41, 5.74) is -0.574. The van der Waals surface area contributed by atoms with Crippen LogP contribution in [0.3, 0.4) is 0 Å². The number of alkyl halides is 1. The number of methoxy groups -OCH3 is 1. The highest BCUT2D eigenvalue weighted by molar-refractivity contribution is 4.77. The van der Waals surface area contributed by atoms with E-state index < -0.39 is 5.67 Å². The van der Waals surface area contributed by atoms with E-state index in [4.69, 9.17) is 9.47 Å². The summed E-state index contributed by atoms with van der Waals surface area (Å²) in [6.45, 7) is 34.0. The summed E-state index contributed by atoms with van der Waals surface area (Å²) in [4.78, 5) is 0. The molecule has 0 radical (unpaired) electrons. The monoisotopic (exact) mass is 464 g/mol. The van der Waals surface area contributed by atoms with E-state index in [1.54, 1.807) is 21.0 Å². The smallest absolute Gasteiger partial charge is 0.106 e. The van der Waals surface area contributed by atoms with Crippen LogP contribution in [0.1, 0.15) is 143 Å². The summed E-state index contributed by atoms with van der Waals surface area (Å²) in [7, 11) is 1.76. The lowest BCUT2D eigenvalue weighted by molar-refractivity contribution is -0.0318. The molecule has 2 nitrogen and oxygen atoms in total. The Labute approximate surface area is 204 Å². The van der Waals surface area contributed by atoms with Crippen LogP contribution < -0.4 is 0 Å². The minimum absolute atomic E-state index is 0.0762. The average molecular weight is 465 g/mol. The molecule has 0 aromatic heterocycles. The predicted octanol–water partition coefficient (Wildman–Crippen LogP) is 10.3. The van der Waals surface area contributed by atoms with Gasteiger partial charge in [0.15, 0.2) is 0 Å². The van der Waals surface area contributed by atoms with Crippen molar-refractivity contribution in [2.75, 3.05) is 13.7 Å². The molecule has 32 heavy (non-hydrogen) atoms. The van der Waals surface area contributed by atoms with E-state index >= 15 is 0 Å². The third kappa shape index (κ3) is 29.9. The molecule has 0 amide bonds. The van der Waals surface area contributed by atoms with Gasteiger partial charge in [-0.05, 0) is 77.0 Å². The number of halogens is 1. The van der Waals surface area contributed by atoms with Gasteiger partial charge in [0.1, 0.15) is 5.67 Å². The number of ether oxygens (including phenoxy) is 2. The largest absolute Gasteiger partial charge is 0.379 e. The minimum Gasteiger partial charge on any atom is -0.379 e. The van der Waals surface area contributed by atoms with E-state index in [1.165, 1.54) is 6.42 Å². The van der Waals surface area contributed by atoms with Crippen molar-refractivity contribution in [3.63, 3.8) is 0 Å². The maximum atomic E-state index is 13.1. The van der Waals surface area contributed by atoms with E-state index in [9.17, 15) is 4.39 Å². The summed E-state index contributed by atoms with van der Waals surface area (Å²) in [6.07, 6.45) is 5.34. The van der Waals surface area contributed by atoms with Crippen molar-refractivity contribution >= 4 is 0 Å². The first-order valence-electron chi connectivity index (χ1n) is 13.2. The van der Waals surface area contributed by atoms with Crippen molar-refractivity contribution < 1.29 is 13.9 Å². The molecule has 0 aliphatic rings. The molecule has 0 N–H and O–H groups in total. The molecular weight excluding hydrogens is 399 g/mol. The van der Waals surface area contributed by atoms with Crippen molar-refractivity contribution in [3.05, 3.63) is 0 Å². The number of rotatable bonds is 12. The molecule has 0 aromatic carbocycles. The molecule has 0 heterocycles. The highest BCUT2D eigenvalue weighted by Crippen LogP contribution is 2.33. The minimum atomic E-state index is -1.01. The topological polar surface area (TPSA) is 18.5 Å². The Balaban J connectivity index is -0.000000237. The second-order valence-corrected chi connectivity index (χ2v) is 11.8. The van der Waals surface area contributed by atoms with Gasteiger partial charge in [0.25, 0.3) is 0 Å². The highest BCUT2D eigenvalue weighted by atomic mass is 19.1. The van der Waals surface area contributed by atoms with Gasteiger partial charge in [-0.3, -0.25) is 0 Å². The van der Waals surface area contributed by atoms with Crippen molar-refractivity contribution in [1.82, 2.24) is 0 Å². The van der Waals surface area contributed by atoms with Crippen LogP contribution in [0, 0.1) is 16.7 Å². The molecule has 0 aromatic rings. The Morgan fingerprint density at radius 1 is 0.750 bits per heavy atom. The Morgan fingerprint density at radius 3 is 1.47 bits per heavy atom. The highest BCUT2D eigenvalue weighted by Gasteiger charge is 2.26. The van der Waals surface area contributed by atoms with Crippen LogP contribution in [-0.2, 0) is 9.47 Å². The maximum absolute atomic E-state index is 13.1. The lowest BCUT2D eigenvalue weighted by Gasteiger charge is -2.30. The first-order valence-corrected chi connectivity index (χ1v) is 13.2. The summed E-state index contributed by atoms with van der Waals surface area (Å²) in [5, 5.41) is 0. The van der Waals surface area contributed by atoms with Gasteiger partial charge in [0, 0.05) is 13.7 Å². The van der Waals surface area contributed by atoms with Gasteiger partial charge in [0.2, 0.25) is 0 Å². The van der Waals surface area contributed by atoms with Gasteiger partial charge in [0.05, 0.1) is 11.7 Å². The second kappa shape index (κ2) is 19.2. The molecule has 0 saturated carbocycles. The summed E-state index contributed by atoms with van der Waals surface area (Å²) < 4.78 is 24.4. The molecule has 200 valence electrons. The third-order valence-electron chi connectivity index (χ3n) is 5.32. The lowest BCUT2D eigenvalue weighted by atomic mass is 9.79. The average Bonchev–Trinajstić information content (AvgIpc) is 2.62. The van der Waals surface area contributed by atoms with E-state index in [0.29, 0.717) is 17.9 Å². The van der Waals surface area contributed by atoms with Crippen molar-refractivity contribution in [2.24, 2.45) is 16.7 Å². The summed E-state index contributed by atoms with van der Waals surface area (Å²) in [5.74, 6) is 0.750. The van der Waals surface area contributed by atoms with Gasteiger partial charge in [-0.25, -0.2) is 4.39 Å². The van der Waals surface area contributed by atoms with Crippen molar-refractivity contribution in [1.29, 1.82) is 0 Å². The first-order chi connectivity index (χ1) is 14.3. The molecule has 0 fully saturated rings. The Morgan fingerprint density at radius 2 is 1.19 bits per heavy atom. The quantitative estimate of drug-likeness (QED) is 0.286. The van der Waals surface area contributed by atoms with E-state index in [1.807, 2.05) is 27.7 Å². The zero-order valence-electron chi connectivity index (χ0n) is 25.6. The molecule has 1 atom stereocenters. The van der Waals surface area contributed by atoms with Crippen molar-refractivity contribution in [2.45, 2.75) is 160 Å². The zero-order chi connectivity index (χ0) is 26.8. The second-order valence-electron chi connectivity index (χ2n) is 11.8. The van der Waals surface area contributed by atoms with Crippen molar-refractivity contribution in [3.8, 4) is 0 Å². The lowest BCUT2D eigenvalue weighted by Crippen LogP contribution is -2.27. The SMILES string of the molecule is CC.CC.CCC(C)(C)CC(C)(C)F.COC(C)(C)CCOC(C)CC(C)(C)CC(C)C. The van der Waals surface area contributed by atoms with Gasteiger partial charge in [-0.1, -0.05) is 82.6 Å². The van der Waals surface area contributed by atoms with Crippen LogP contribution in [0.4, 0.5) is 4.39 Å². The molecule has 0 bridgehead atoms. The van der Waals surface area contributed by atoms with Crippen LogP contribution in [0.15, 0.2) is 0 Å². The Bertz CT molecular complexity index is 392. The fraction of sp³-hybridized carbons (Fsp3) is 1.00. The fourth-order valence-corrected chi connectivity index (χ4v) is 3.90. The summed E-state index contributed by atoms with van der Waals surface area (Å²) >= 11 is 0. The van der Waals surface area contributed by atoms with Gasteiger partial charge < -0.3 is 9.47 Å². The fourth-order valence-electron chi connectivity index (χ4n) is 3.90. The Kier molecular flexibility index (Phi) is 23.4. The normalized spacial score (nSPS) is 13.2. The summed E-state index contributed by atoms with van der Waals surface area (Å²) in [6, 6.07) is 0. The third-order valence-corrected chi connectivity index (χ3v) is 5.32. The molecule has 0 saturated heterocycles. The zero-order valence-corrected chi connectivity index (χ0v) is 25.6. The predicted molar refractivity (Wildman–Crippen MR) is 146 cm³/mol. The van der Waals surface area contributed by atoms with Crippen LogP contribution >= 0.6 is 0 Å². The van der Waals surface area contributed by atoms with Gasteiger partial charge in [-0.15, -0.1) is 0 Å². The van der Waals surface area contributed by atoms with Crippen LogP contribution in [0.2, 0.25) is 0 Å². The molecule has 0 aliphatic carbocycles. The first kappa shape index (κ1) is 39.1. The van der Waals surface area contributed by atoms with Crippen LogP contribution in [-0.4, -0.2) is 31.1 Å². The number of hydrogen-bond donors (Lipinski definition) is 0. The van der Waals surface area contributed by atoms with Gasteiger partial charge in [-0.2, -0.15) is 0 Å². The van der Waals surface area contributed by atoms with E-state index in [-0.39, 0.29) is 11.0 Å². The van der Waals surface area contributed by atoms with Crippen LogP contribution in [0.25, 0.3) is 0 Å². The molecule has 3 heteroatoms. The van der Waals surface area contributed by atoms with Crippen LogP contribution in [0.5, 0.6) is 0 Å². The number of hydrogen-bond acceptors (Lipinski definition) is 2. The molecule has 0 spiro atoms. The maximum Gasteiger partial charge on any atom is 0.106 e.